The molecule has 1 N–H and O–H groups in total. The molecular formula is C10H7F2NO. The molecule has 0 saturated heterocycles. The van der Waals surface area contributed by atoms with Gasteiger partial charge in [0.15, 0.2) is 0 Å². The SMILES string of the molecule is Oc1ccc(C(F)F)c2cccnc12. The molecule has 0 aliphatic heterocycles. The summed E-state index contributed by atoms with van der Waals surface area (Å²) in [5.41, 5.74) is 0.108. The number of hydrogen-bond acceptors (Lipinski definition) is 2. The van der Waals surface area contributed by atoms with Gasteiger partial charge in [0.1, 0.15) is 11.3 Å². The van der Waals surface area contributed by atoms with Crippen molar-refractivity contribution in [2.75, 3.05) is 0 Å². The summed E-state index contributed by atoms with van der Waals surface area (Å²) in [6.45, 7) is 0. The van der Waals surface area contributed by atoms with Crippen LogP contribution in [0.1, 0.15) is 12.0 Å². The Hall–Kier alpha value is -1.71. The van der Waals surface area contributed by atoms with Gasteiger partial charge < -0.3 is 5.11 Å². The number of phenols is 1. The molecule has 0 saturated carbocycles. The molecule has 1 aromatic heterocycles. The molecule has 0 spiro atoms. The standard InChI is InChI=1S/C10H7F2NO/c11-10(12)7-3-4-8(14)9-6(7)2-1-5-13-9/h1-5,10,14H. The lowest BCUT2D eigenvalue weighted by atomic mass is 10.1. The first-order valence-corrected chi connectivity index (χ1v) is 4.05. The number of phenolic OH excluding ortho intramolecular Hbond substituents is 1. The zero-order valence-electron chi connectivity index (χ0n) is 7.11. The third-order valence-electron chi connectivity index (χ3n) is 2.02. The van der Waals surface area contributed by atoms with Crippen LogP contribution in [-0.2, 0) is 0 Å². The van der Waals surface area contributed by atoms with Crippen LogP contribution in [0.25, 0.3) is 10.9 Å². The first kappa shape index (κ1) is 8.87. The molecule has 4 heteroatoms. The summed E-state index contributed by atoms with van der Waals surface area (Å²) in [6.07, 6.45) is -1.10. The second-order valence-corrected chi connectivity index (χ2v) is 2.87. The average molecular weight is 195 g/mol. The van der Waals surface area contributed by atoms with Crippen LogP contribution in [0, 0.1) is 0 Å². The van der Waals surface area contributed by atoms with Crippen LogP contribution < -0.4 is 0 Å². The van der Waals surface area contributed by atoms with E-state index in [0.717, 1.165) is 0 Å². The number of hydrogen-bond donors (Lipinski definition) is 1. The molecule has 0 bridgehead atoms. The molecule has 0 amide bonds. The molecule has 2 rings (SSSR count). The van der Waals surface area contributed by atoms with Gasteiger partial charge in [-0.15, -0.1) is 0 Å². The Balaban J connectivity index is 2.82. The lowest BCUT2D eigenvalue weighted by Gasteiger charge is -2.05. The van der Waals surface area contributed by atoms with Crippen molar-refractivity contribution >= 4 is 10.9 Å². The number of nitrogens with zero attached hydrogens (tertiary/aromatic N) is 1. The zero-order chi connectivity index (χ0) is 10.1. The maximum absolute atomic E-state index is 12.5. The molecule has 0 atom stereocenters. The van der Waals surface area contributed by atoms with Crippen LogP contribution in [0.2, 0.25) is 0 Å². The molecule has 0 radical (unpaired) electrons. The predicted molar refractivity (Wildman–Crippen MR) is 48.4 cm³/mol. The molecule has 2 aromatic rings. The third-order valence-corrected chi connectivity index (χ3v) is 2.02. The molecule has 0 aliphatic rings. The van der Waals surface area contributed by atoms with Crippen molar-refractivity contribution in [3.63, 3.8) is 0 Å². The van der Waals surface area contributed by atoms with Gasteiger partial charge in [0.05, 0.1) is 0 Å². The minimum Gasteiger partial charge on any atom is -0.506 e. The smallest absolute Gasteiger partial charge is 0.264 e. The number of halogens is 2. The topological polar surface area (TPSA) is 33.1 Å². The van der Waals surface area contributed by atoms with Crippen molar-refractivity contribution in [1.82, 2.24) is 4.98 Å². The monoisotopic (exact) mass is 195 g/mol. The van der Waals surface area contributed by atoms with Gasteiger partial charge in [-0.25, -0.2) is 8.78 Å². The summed E-state index contributed by atoms with van der Waals surface area (Å²) >= 11 is 0. The molecule has 0 unspecified atom stereocenters. The van der Waals surface area contributed by atoms with E-state index in [2.05, 4.69) is 4.98 Å². The molecule has 72 valence electrons. The van der Waals surface area contributed by atoms with E-state index >= 15 is 0 Å². The van der Waals surface area contributed by atoms with Crippen LogP contribution in [-0.4, -0.2) is 10.1 Å². The summed E-state index contributed by atoms with van der Waals surface area (Å²) in [5, 5.41) is 9.66. The maximum Gasteiger partial charge on any atom is 0.264 e. The Bertz CT molecular complexity index is 471. The quantitative estimate of drug-likeness (QED) is 0.758. The number of fused-ring (bicyclic) bond motifs is 1. The first-order valence-electron chi connectivity index (χ1n) is 4.05. The molecule has 1 aromatic carbocycles. The number of alkyl halides is 2. The molecule has 2 nitrogen and oxygen atoms in total. The van der Waals surface area contributed by atoms with Crippen molar-refractivity contribution in [3.8, 4) is 5.75 Å². The highest BCUT2D eigenvalue weighted by Gasteiger charge is 2.13. The highest BCUT2D eigenvalue weighted by molar-refractivity contribution is 5.87. The summed E-state index contributed by atoms with van der Waals surface area (Å²) < 4.78 is 25.0. The van der Waals surface area contributed by atoms with Gasteiger partial charge in [0.25, 0.3) is 6.43 Å². The van der Waals surface area contributed by atoms with Gasteiger partial charge in [-0.3, -0.25) is 4.98 Å². The summed E-state index contributed by atoms with van der Waals surface area (Å²) in [4.78, 5) is 3.84. The minimum atomic E-state index is -2.55. The number of benzene rings is 1. The Kier molecular flexibility index (Phi) is 2.04. The van der Waals surface area contributed by atoms with E-state index in [1.807, 2.05) is 0 Å². The van der Waals surface area contributed by atoms with E-state index in [1.165, 1.54) is 24.4 Å². The second-order valence-electron chi connectivity index (χ2n) is 2.87. The number of rotatable bonds is 1. The molecule has 0 aliphatic carbocycles. The Morgan fingerprint density at radius 3 is 2.71 bits per heavy atom. The van der Waals surface area contributed by atoms with Crippen LogP contribution in [0.15, 0.2) is 30.5 Å². The Morgan fingerprint density at radius 2 is 2.00 bits per heavy atom. The zero-order valence-corrected chi connectivity index (χ0v) is 7.11. The summed E-state index contributed by atoms with van der Waals surface area (Å²) in [5.74, 6) is -0.0787. The van der Waals surface area contributed by atoms with Crippen LogP contribution in [0.5, 0.6) is 5.75 Å². The van der Waals surface area contributed by atoms with Gasteiger partial charge in [0, 0.05) is 17.1 Å². The van der Waals surface area contributed by atoms with Crippen molar-refractivity contribution in [3.05, 3.63) is 36.0 Å². The number of pyridine rings is 1. The lowest BCUT2D eigenvalue weighted by Crippen LogP contribution is -1.88. The largest absolute Gasteiger partial charge is 0.506 e. The minimum absolute atomic E-state index is 0.0787. The third kappa shape index (κ3) is 1.28. The van der Waals surface area contributed by atoms with Crippen LogP contribution in [0.3, 0.4) is 0 Å². The fraction of sp³-hybridized carbons (Fsp3) is 0.100. The Labute approximate surface area is 78.8 Å². The highest BCUT2D eigenvalue weighted by atomic mass is 19.3. The fourth-order valence-electron chi connectivity index (χ4n) is 1.37. The predicted octanol–water partition coefficient (Wildman–Crippen LogP) is 2.88. The summed E-state index contributed by atoms with van der Waals surface area (Å²) in [6, 6.07) is 5.53. The van der Waals surface area contributed by atoms with Gasteiger partial charge in [-0.05, 0) is 18.2 Å². The normalized spacial score (nSPS) is 11.1. The summed E-state index contributed by atoms with van der Waals surface area (Å²) in [7, 11) is 0. The average Bonchev–Trinajstić information content (AvgIpc) is 2.18. The van der Waals surface area contributed by atoms with Gasteiger partial charge >= 0.3 is 0 Å². The highest BCUT2D eigenvalue weighted by Crippen LogP contribution is 2.31. The van der Waals surface area contributed by atoms with E-state index in [4.69, 9.17) is 0 Å². The van der Waals surface area contributed by atoms with Crippen LogP contribution >= 0.6 is 0 Å². The van der Waals surface area contributed by atoms with Gasteiger partial charge in [0.2, 0.25) is 0 Å². The lowest BCUT2D eigenvalue weighted by molar-refractivity contribution is 0.153. The van der Waals surface area contributed by atoms with Crippen molar-refractivity contribution < 1.29 is 13.9 Å². The maximum atomic E-state index is 12.5. The van der Waals surface area contributed by atoms with Gasteiger partial charge in [-0.1, -0.05) is 6.07 Å². The second kappa shape index (κ2) is 3.21. The molecular weight excluding hydrogens is 188 g/mol. The van der Waals surface area contributed by atoms with Crippen LogP contribution in [0.4, 0.5) is 8.78 Å². The van der Waals surface area contributed by atoms with Crippen molar-refractivity contribution in [2.24, 2.45) is 0 Å². The van der Waals surface area contributed by atoms with Crippen molar-refractivity contribution in [2.45, 2.75) is 6.43 Å². The van der Waals surface area contributed by atoms with Gasteiger partial charge in [-0.2, -0.15) is 0 Å². The van der Waals surface area contributed by atoms with E-state index in [0.29, 0.717) is 5.39 Å². The van der Waals surface area contributed by atoms with E-state index in [1.54, 1.807) is 6.07 Å². The number of aromatic nitrogens is 1. The number of aromatic hydroxyl groups is 1. The fourth-order valence-corrected chi connectivity index (χ4v) is 1.37. The van der Waals surface area contributed by atoms with E-state index in [-0.39, 0.29) is 16.8 Å². The molecule has 14 heavy (non-hydrogen) atoms. The van der Waals surface area contributed by atoms with E-state index < -0.39 is 6.43 Å². The Morgan fingerprint density at radius 1 is 1.21 bits per heavy atom. The molecule has 0 fully saturated rings. The van der Waals surface area contributed by atoms with Crippen molar-refractivity contribution in [1.29, 1.82) is 0 Å². The molecule has 1 heterocycles. The van der Waals surface area contributed by atoms with E-state index in [9.17, 15) is 13.9 Å². The first-order chi connectivity index (χ1) is 6.70.